The van der Waals surface area contributed by atoms with Gasteiger partial charge in [0.05, 0.1) is 17.5 Å². The van der Waals surface area contributed by atoms with E-state index >= 15 is 0 Å². The fourth-order valence-corrected chi connectivity index (χ4v) is 6.25. The number of amides is 2. The summed E-state index contributed by atoms with van der Waals surface area (Å²) in [4.78, 5) is 29.2. The fraction of sp³-hybridized carbons (Fsp3) is 0.310. The first-order valence-electron chi connectivity index (χ1n) is 11.5. The van der Waals surface area contributed by atoms with Gasteiger partial charge in [-0.2, -0.15) is 0 Å². The highest BCUT2D eigenvalue weighted by molar-refractivity contribution is 6.23. The topological polar surface area (TPSA) is 37.4 Å². The maximum atomic E-state index is 13.9. The lowest BCUT2D eigenvalue weighted by Crippen LogP contribution is -2.41. The molecule has 160 valence electrons. The number of benzene rings is 3. The second kappa shape index (κ2) is 6.41. The van der Waals surface area contributed by atoms with Crippen molar-refractivity contribution in [1.82, 2.24) is 0 Å². The highest BCUT2D eigenvalue weighted by Crippen LogP contribution is 2.61. The van der Waals surface area contributed by atoms with Gasteiger partial charge in [0.15, 0.2) is 0 Å². The van der Waals surface area contributed by atoms with Gasteiger partial charge in [0.2, 0.25) is 11.8 Å². The van der Waals surface area contributed by atoms with Crippen LogP contribution in [0.3, 0.4) is 0 Å². The van der Waals surface area contributed by atoms with E-state index in [4.69, 9.17) is 0 Å². The summed E-state index contributed by atoms with van der Waals surface area (Å²) < 4.78 is 0. The van der Waals surface area contributed by atoms with E-state index in [1.54, 1.807) is 0 Å². The van der Waals surface area contributed by atoms with Crippen molar-refractivity contribution in [3.05, 3.63) is 100 Å². The molecule has 0 saturated carbocycles. The molecule has 2 bridgehead atoms. The molecule has 1 heterocycles. The molecular formula is C29H27NO2. The van der Waals surface area contributed by atoms with Crippen molar-refractivity contribution in [3.63, 3.8) is 0 Å². The Kier molecular flexibility index (Phi) is 3.90. The maximum absolute atomic E-state index is 13.9. The summed E-state index contributed by atoms with van der Waals surface area (Å²) in [5, 5.41) is 0. The van der Waals surface area contributed by atoms with Crippen LogP contribution in [0.2, 0.25) is 0 Å². The molecule has 0 radical (unpaired) electrons. The predicted molar refractivity (Wildman–Crippen MR) is 126 cm³/mol. The molecule has 0 N–H and O–H groups in total. The van der Waals surface area contributed by atoms with E-state index in [1.165, 1.54) is 32.7 Å². The molecular weight excluding hydrogens is 394 g/mol. The summed E-state index contributed by atoms with van der Waals surface area (Å²) in [6, 6.07) is 22.8. The normalized spacial score (nSPS) is 25.6. The van der Waals surface area contributed by atoms with E-state index in [0.29, 0.717) is 0 Å². The number of hydrogen-bond acceptors (Lipinski definition) is 2. The second-order valence-corrected chi connectivity index (χ2v) is 10.5. The van der Waals surface area contributed by atoms with Gasteiger partial charge in [-0.3, -0.25) is 9.59 Å². The number of imide groups is 1. The largest absolute Gasteiger partial charge is 0.274 e. The second-order valence-electron chi connectivity index (χ2n) is 10.5. The van der Waals surface area contributed by atoms with Crippen LogP contribution in [0.15, 0.2) is 66.7 Å². The van der Waals surface area contributed by atoms with Gasteiger partial charge >= 0.3 is 0 Å². The van der Waals surface area contributed by atoms with E-state index in [0.717, 1.165) is 11.3 Å². The smallest absolute Gasteiger partial charge is 0.238 e. The summed E-state index contributed by atoms with van der Waals surface area (Å²) >= 11 is 0. The van der Waals surface area contributed by atoms with Crippen LogP contribution < -0.4 is 4.90 Å². The molecule has 1 fully saturated rings. The minimum atomic E-state index is -0.343. The van der Waals surface area contributed by atoms with Gasteiger partial charge in [0.1, 0.15) is 0 Å². The Balaban J connectivity index is 1.58. The van der Waals surface area contributed by atoms with Crippen molar-refractivity contribution in [2.45, 2.75) is 44.9 Å². The van der Waals surface area contributed by atoms with Crippen LogP contribution >= 0.6 is 0 Å². The molecule has 1 aliphatic heterocycles. The Labute approximate surface area is 189 Å². The fourth-order valence-electron chi connectivity index (χ4n) is 6.25. The Morgan fingerprint density at radius 1 is 0.688 bits per heavy atom. The Hall–Kier alpha value is -3.20. The number of aryl methyl sites for hydroxylation is 1. The number of carbonyl (C=O) groups is 2. The molecule has 4 aliphatic rings. The molecule has 0 spiro atoms. The first-order chi connectivity index (χ1) is 15.3. The molecule has 32 heavy (non-hydrogen) atoms. The SMILES string of the molecule is Cc1ccccc1N1C(=O)[C@@H]2[C@@H]3c4ccccc4[C@H](c4cc(C(C)(C)C)ccc43)[C@H]2C1=O. The van der Waals surface area contributed by atoms with Crippen LogP contribution in [0.5, 0.6) is 0 Å². The lowest BCUT2D eigenvalue weighted by molar-refractivity contribution is -0.122. The van der Waals surface area contributed by atoms with Gasteiger partial charge in [0, 0.05) is 11.8 Å². The molecule has 3 heteroatoms. The lowest BCUT2D eigenvalue weighted by Gasteiger charge is -2.46. The average Bonchev–Trinajstić information content (AvgIpc) is 3.04. The van der Waals surface area contributed by atoms with E-state index in [-0.39, 0.29) is 40.9 Å². The molecule has 0 unspecified atom stereocenters. The summed E-state index contributed by atoms with van der Waals surface area (Å²) in [5.74, 6) is -0.936. The molecule has 2 amide bonds. The van der Waals surface area contributed by atoms with Crippen LogP contribution in [0.4, 0.5) is 5.69 Å². The third kappa shape index (κ3) is 2.42. The number of para-hydroxylation sites is 1. The molecule has 3 aromatic carbocycles. The van der Waals surface area contributed by atoms with Gasteiger partial charge in [-0.25, -0.2) is 4.90 Å². The standard InChI is InChI=1S/C29H27NO2/c1-16-9-5-8-12-22(16)30-27(31)25-23-18-10-6-7-11-19(18)24(26(25)28(30)32)21-15-17(29(2,3)4)13-14-20(21)23/h5-15,23-26H,1-4H3/t23-,24-,25-,26-/m1/s1. The molecule has 1 saturated heterocycles. The minimum Gasteiger partial charge on any atom is -0.274 e. The summed E-state index contributed by atoms with van der Waals surface area (Å²) in [6.07, 6.45) is 0. The van der Waals surface area contributed by atoms with E-state index in [2.05, 4.69) is 63.2 Å². The third-order valence-corrected chi connectivity index (χ3v) is 7.76. The van der Waals surface area contributed by atoms with Gasteiger partial charge < -0.3 is 0 Å². The number of carbonyl (C=O) groups excluding carboxylic acids is 2. The zero-order chi connectivity index (χ0) is 22.4. The maximum Gasteiger partial charge on any atom is 0.238 e. The first kappa shape index (κ1) is 19.5. The average molecular weight is 422 g/mol. The minimum absolute atomic E-state index is 0.0212. The van der Waals surface area contributed by atoms with Crippen LogP contribution in [0.1, 0.15) is 66.0 Å². The van der Waals surface area contributed by atoms with Crippen molar-refractivity contribution < 1.29 is 9.59 Å². The number of nitrogens with zero attached hydrogens (tertiary/aromatic N) is 1. The Bertz CT molecular complexity index is 1300. The lowest BCUT2D eigenvalue weighted by atomic mass is 9.54. The van der Waals surface area contributed by atoms with Crippen LogP contribution in [-0.2, 0) is 15.0 Å². The van der Waals surface area contributed by atoms with Crippen molar-refractivity contribution in [2.24, 2.45) is 11.8 Å². The summed E-state index contributed by atoms with van der Waals surface area (Å²) in [7, 11) is 0. The summed E-state index contributed by atoms with van der Waals surface area (Å²) in [5.41, 5.74) is 7.83. The highest BCUT2D eigenvalue weighted by atomic mass is 16.2. The van der Waals surface area contributed by atoms with Crippen molar-refractivity contribution >= 4 is 17.5 Å². The molecule has 7 rings (SSSR count). The Morgan fingerprint density at radius 3 is 1.81 bits per heavy atom. The molecule has 3 aromatic rings. The highest BCUT2D eigenvalue weighted by Gasteiger charge is 2.62. The predicted octanol–water partition coefficient (Wildman–Crippen LogP) is 5.69. The van der Waals surface area contributed by atoms with Crippen LogP contribution in [0, 0.1) is 18.8 Å². The van der Waals surface area contributed by atoms with Gasteiger partial charge in [0.25, 0.3) is 0 Å². The molecule has 0 aromatic heterocycles. The van der Waals surface area contributed by atoms with Crippen LogP contribution in [-0.4, -0.2) is 11.8 Å². The molecule has 3 nitrogen and oxygen atoms in total. The van der Waals surface area contributed by atoms with E-state index in [1.807, 2.05) is 31.2 Å². The quantitative estimate of drug-likeness (QED) is 0.474. The summed E-state index contributed by atoms with van der Waals surface area (Å²) in [6.45, 7) is 8.62. The van der Waals surface area contributed by atoms with Gasteiger partial charge in [-0.05, 0) is 51.8 Å². The first-order valence-corrected chi connectivity index (χ1v) is 11.5. The van der Waals surface area contributed by atoms with E-state index in [9.17, 15) is 9.59 Å². The zero-order valence-electron chi connectivity index (χ0n) is 18.9. The van der Waals surface area contributed by atoms with Gasteiger partial charge in [-0.15, -0.1) is 0 Å². The van der Waals surface area contributed by atoms with Gasteiger partial charge in [-0.1, -0.05) is 81.4 Å². The number of rotatable bonds is 1. The number of anilines is 1. The third-order valence-electron chi connectivity index (χ3n) is 7.76. The molecule has 4 atom stereocenters. The van der Waals surface area contributed by atoms with Crippen molar-refractivity contribution in [1.29, 1.82) is 0 Å². The van der Waals surface area contributed by atoms with E-state index < -0.39 is 0 Å². The zero-order valence-corrected chi connectivity index (χ0v) is 18.9. The number of hydrogen-bond donors (Lipinski definition) is 0. The van der Waals surface area contributed by atoms with Crippen molar-refractivity contribution in [3.8, 4) is 0 Å². The Morgan fingerprint density at radius 2 is 1.22 bits per heavy atom. The molecule has 3 aliphatic carbocycles. The van der Waals surface area contributed by atoms with Crippen LogP contribution in [0.25, 0.3) is 0 Å². The monoisotopic (exact) mass is 421 g/mol. The van der Waals surface area contributed by atoms with Crippen molar-refractivity contribution in [2.75, 3.05) is 4.90 Å².